The van der Waals surface area contributed by atoms with Crippen molar-refractivity contribution >= 4 is 46.1 Å². The van der Waals surface area contributed by atoms with Gasteiger partial charge >= 0.3 is 6.09 Å². The number of rotatable bonds is 6. The molecule has 1 aliphatic carbocycles. The Bertz CT molecular complexity index is 654. The van der Waals surface area contributed by atoms with Crippen LogP contribution >= 0.6 is 24.0 Å². The Hall–Kier alpha value is -0.820. The number of nitrogens with zero attached hydrogens (tertiary/aromatic N) is 1. The zero-order valence-corrected chi connectivity index (χ0v) is 21.7. The Morgan fingerprint density at radius 1 is 1.03 bits per heavy atom. The molecule has 4 N–H and O–H groups in total. The fourth-order valence-corrected chi connectivity index (χ4v) is 4.16. The molecule has 0 spiro atoms. The number of aliphatic imine (C=N–C) groups is 1. The number of ether oxygens (including phenoxy) is 1. The Morgan fingerprint density at radius 3 is 1.93 bits per heavy atom. The van der Waals surface area contributed by atoms with Gasteiger partial charge in [-0.2, -0.15) is 0 Å². The Labute approximate surface area is 192 Å². The third-order valence-corrected chi connectivity index (χ3v) is 5.10. The molecule has 0 aliphatic heterocycles. The van der Waals surface area contributed by atoms with Crippen molar-refractivity contribution in [2.45, 2.75) is 83.5 Å². The normalized spacial score (nSPS) is 21.0. The highest BCUT2D eigenvalue weighted by atomic mass is 127. The summed E-state index contributed by atoms with van der Waals surface area (Å²) in [4.78, 5) is 16.1. The van der Waals surface area contributed by atoms with Gasteiger partial charge in [-0.05, 0) is 60.3 Å². The van der Waals surface area contributed by atoms with Gasteiger partial charge in [0.1, 0.15) is 5.60 Å². The molecular weight excluding hydrogens is 509 g/mol. The minimum Gasteiger partial charge on any atom is -0.444 e. The van der Waals surface area contributed by atoms with Gasteiger partial charge in [-0.1, -0.05) is 0 Å². The monoisotopic (exact) mass is 547 g/mol. The third kappa shape index (κ3) is 13.2. The summed E-state index contributed by atoms with van der Waals surface area (Å²) in [7, 11) is -1.60. The first-order valence-electron chi connectivity index (χ1n) is 9.65. The smallest absolute Gasteiger partial charge is 0.407 e. The summed E-state index contributed by atoms with van der Waals surface area (Å²) >= 11 is 0. The van der Waals surface area contributed by atoms with Gasteiger partial charge in [0.15, 0.2) is 5.96 Å². The van der Waals surface area contributed by atoms with Crippen LogP contribution in [0.4, 0.5) is 4.79 Å². The van der Waals surface area contributed by atoms with Gasteiger partial charge in [0, 0.05) is 31.2 Å². The zero-order chi connectivity index (χ0) is 21.6. The van der Waals surface area contributed by atoms with Crippen molar-refractivity contribution in [2.75, 3.05) is 19.8 Å². The molecule has 1 rings (SSSR count). The summed E-state index contributed by atoms with van der Waals surface area (Å²) < 4.78 is 30.8. The number of nitrogens with one attached hydrogen (secondary N) is 4. The highest BCUT2D eigenvalue weighted by Gasteiger charge is 2.26. The van der Waals surface area contributed by atoms with Crippen molar-refractivity contribution in [3.05, 3.63) is 0 Å². The number of hydrogen-bond acceptors (Lipinski definition) is 5. The number of halogens is 1. The lowest BCUT2D eigenvalue weighted by Crippen LogP contribution is -2.54. The second kappa shape index (κ2) is 11.5. The van der Waals surface area contributed by atoms with E-state index in [9.17, 15) is 13.2 Å². The Balaban J connectivity index is 0.00000784. The van der Waals surface area contributed by atoms with E-state index in [1.807, 2.05) is 34.6 Å². The highest BCUT2D eigenvalue weighted by Crippen LogP contribution is 2.19. The van der Waals surface area contributed by atoms with Crippen LogP contribution in [0.5, 0.6) is 0 Å². The molecule has 1 fully saturated rings. The molecule has 9 nitrogen and oxygen atoms in total. The van der Waals surface area contributed by atoms with E-state index in [2.05, 4.69) is 25.7 Å². The van der Waals surface area contributed by atoms with Crippen LogP contribution < -0.4 is 20.7 Å². The lowest BCUT2D eigenvalue weighted by atomic mass is 9.91. The molecule has 0 bridgehead atoms. The van der Waals surface area contributed by atoms with Gasteiger partial charge in [0.05, 0.1) is 6.26 Å². The minimum absolute atomic E-state index is 0. The number of hydrogen-bond donors (Lipinski definition) is 4. The van der Waals surface area contributed by atoms with Crippen LogP contribution in [0.3, 0.4) is 0 Å². The van der Waals surface area contributed by atoms with Gasteiger partial charge in [-0.3, -0.25) is 4.99 Å². The molecule has 1 amide bonds. The number of guanidine groups is 1. The van der Waals surface area contributed by atoms with Crippen LogP contribution in [0.1, 0.15) is 60.3 Å². The van der Waals surface area contributed by atoms with Crippen molar-refractivity contribution in [1.29, 1.82) is 0 Å². The highest BCUT2D eigenvalue weighted by molar-refractivity contribution is 14.0. The van der Waals surface area contributed by atoms with Crippen LogP contribution in [0.15, 0.2) is 4.99 Å². The van der Waals surface area contributed by atoms with Gasteiger partial charge in [0.2, 0.25) is 10.0 Å². The fourth-order valence-electron chi connectivity index (χ4n) is 3.09. The van der Waals surface area contributed by atoms with Crippen molar-refractivity contribution < 1.29 is 17.9 Å². The molecule has 172 valence electrons. The maximum Gasteiger partial charge on any atom is 0.407 e. The van der Waals surface area contributed by atoms with E-state index in [1.54, 1.807) is 7.05 Å². The fraction of sp³-hybridized carbons (Fsp3) is 0.889. The van der Waals surface area contributed by atoms with Gasteiger partial charge in [-0.15, -0.1) is 24.0 Å². The van der Waals surface area contributed by atoms with Crippen molar-refractivity contribution in [3.63, 3.8) is 0 Å². The van der Waals surface area contributed by atoms with E-state index >= 15 is 0 Å². The molecule has 0 aromatic carbocycles. The molecule has 1 saturated carbocycles. The maximum atomic E-state index is 11.9. The lowest BCUT2D eigenvalue weighted by molar-refractivity contribution is 0.0490. The molecule has 0 heterocycles. The summed E-state index contributed by atoms with van der Waals surface area (Å²) in [5, 5.41) is 9.47. The summed E-state index contributed by atoms with van der Waals surface area (Å²) in [6, 6.07) is 0.356. The second-order valence-electron chi connectivity index (χ2n) is 9.02. The van der Waals surface area contributed by atoms with Crippen LogP contribution in [-0.4, -0.2) is 63.5 Å². The summed E-state index contributed by atoms with van der Waals surface area (Å²) in [6.45, 7) is 9.55. The number of carbonyl (C=O) groups excluding carboxylic acids is 1. The predicted octanol–water partition coefficient (Wildman–Crippen LogP) is 1.93. The quantitative estimate of drug-likeness (QED) is 0.229. The molecular formula is C18H38IN5O4S. The van der Waals surface area contributed by atoms with Crippen molar-refractivity contribution in [1.82, 2.24) is 20.7 Å². The lowest BCUT2D eigenvalue weighted by Gasteiger charge is -2.32. The van der Waals surface area contributed by atoms with E-state index in [0.717, 1.165) is 31.9 Å². The molecule has 0 aromatic rings. The Morgan fingerprint density at radius 2 is 1.52 bits per heavy atom. The van der Waals surface area contributed by atoms with E-state index in [-0.39, 0.29) is 42.2 Å². The van der Waals surface area contributed by atoms with E-state index < -0.39 is 21.2 Å². The third-order valence-electron chi connectivity index (χ3n) is 4.17. The summed E-state index contributed by atoms with van der Waals surface area (Å²) in [5.41, 5.74) is -1.14. The largest absolute Gasteiger partial charge is 0.444 e. The van der Waals surface area contributed by atoms with Gasteiger partial charge < -0.3 is 20.7 Å². The van der Waals surface area contributed by atoms with E-state index in [4.69, 9.17) is 4.74 Å². The molecule has 0 radical (unpaired) electrons. The first-order valence-corrected chi connectivity index (χ1v) is 11.5. The molecule has 11 heteroatoms. The maximum absolute atomic E-state index is 11.9. The standard InChI is InChI=1S/C18H37N5O4S.HI/c1-17(2,3)27-16(24)22-14-10-8-13(9-11-14)21-15(19-6)20-12-18(4,5)23-28(7,25)26;/h13-14,23H,8-12H2,1-7H3,(H,22,24)(H2,19,20,21);1H. The van der Waals surface area contributed by atoms with Gasteiger partial charge in [-0.25, -0.2) is 17.9 Å². The average Bonchev–Trinajstić information content (AvgIpc) is 2.48. The number of sulfonamides is 1. The topological polar surface area (TPSA) is 121 Å². The summed E-state index contributed by atoms with van der Waals surface area (Å²) in [6.07, 6.45) is 4.27. The second-order valence-corrected chi connectivity index (χ2v) is 10.8. The van der Waals surface area contributed by atoms with Crippen molar-refractivity contribution in [3.8, 4) is 0 Å². The predicted molar refractivity (Wildman–Crippen MR) is 127 cm³/mol. The van der Waals surface area contributed by atoms with E-state index in [0.29, 0.717) is 12.5 Å². The molecule has 0 aromatic heterocycles. The zero-order valence-electron chi connectivity index (χ0n) is 18.6. The number of carbonyl (C=O) groups is 1. The van der Waals surface area contributed by atoms with Crippen LogP contribution in [-0.2, 0) is 14.8 Å². The first-order chi connectivity index (χ1) is 12.7. The van der Waals surface area contributed by atoms with Gasteiger partial charge in [0.25, 0.3) is 0 Å². The minimum atomic E-state index is -3.29. The SMILES string of the molecule is CN=C(NCC(C)(C)NS(C)(=O)=O)NC1CCC(NC(=O)OC(C)(C)C)CC1.I. The molecule has 29 heavy (non-hydrogen) atoms. The first kappa shape index (κ1) is 28.2. The number of amides is 1. The molecule has 0 unspecified atom stereocenters. The molecule has 0 atom stereocenters. The molecule has 1 aliphatic rings. The van der Waals surface area contributed by atoms with Crippen LogP contribution in [0.25, 0.3) is 0 Å². The van der Waals surface area contributed by atoms with Crippen LogP contribution in [0, 0.1) is 0 Å². The Kier molecular flexibility index (Phi) is 11.2. The van der Waals surface area contributed by atoms with Crippen LogP contribution in [0.2, 0.25) is 0 Å². The molecule has 0 saturated heterocycles. The van der Waals surface area contributed by atoms with E-state index in [1.165, 1.54) is 0 Å². The van der Waals surface area contributed by atoms with Crippen molar-refractivity contribution in [2.24, 2.45) is 4.99 Å². The summed E-state index contributed by atoms with van der Waals surface area (Å²) in [5.74, 6) is 0.631. The average molecular weight is 548 g/mol. The number of alkyl carbamates (subject to hydrolysis) is 1.